The number of aromatic nitrogens is 4. The van der Waals surface area contributed by atoms with Gasteiger partial charge in [0.25, 0.3) is 0 Å². The number of benzene rings is 1. The number of anilines is 3. The summed E-state index contributed by atoms with van der Waals surface area (Å²) in [4.78, 5) is 8.88. The fourth-order valence-electron chi connectivity index (χ4n) is 2.53. The van der Waals surface area contributed by atoms with Gasteiger partial charge >= 0.3 is 0 Å². The molecule has 1 aliphatic rings. The zero-order chi connectivity index (χ0) is 16.4. The Morgan fingerprint density at radius 1 is 1.08 bits per heavy atom. The summed E-state index contributed by atoms with van der Waals surface area (Å²) in [5.41, 5.74) is 1.62. The van der Waals surface area contributed by atoms with Gasteiger partial charge in [0.15, 0.2) is 11.6 Å². The molecule has 4 rings (SSSR count). The number of hydrogen-bond donors (Lipinski definition) is 2. The fraction of sp³-hybridized carbons (Fsp3) is 0.333. The summed E-state index contributed by atoms with van der Waals surface area (Å²) in [5.74, 6) is 1.16. The summed E-state index contributed by atoms with van der Waals surface area (Å²) in [7, 11) is 0. The smallest absolute Gasteiger partial charge is 0.245 e. The van der Waals surface area contributed by atoms with E-state index in [0.29, 0.717) is 29.5 Å². The van der Waals surface area contributed by atoms with Gasteiger partial charge in [-0.15, -0.1) is 0 Å². The molecule has 0 radical (unpaired) electrons. The quantitative estimate of drug-likeness (QED) is 0.685. The Bertz CT molecular complexity index is 832. The van der Waals surface area contributed by atoms with Gasteiger partial charge in [-0.1, -0.05) is 15.9 Å². The number of halogens is 1. The van der Waals surface area contributed by atoms with Crippen LogP contribution in [0.5, 0.6) is 0 Å². The van der Waals surface area contributed by atoms with E-state index in [2.05, 4.69) is 46.8 Å². The third kappa shape index (κ3) is 3.31. The van der Waals surface area contributed by atoms with Gasteiger partial charge in [-0.3, -0.25) is 0 Å². The largest absolute Gasteiger partial charge is 0.376 e. The second-order valence-electron chi connectivity index (χ2n) is 5.48. The first-order chi connectivity index (χ1) is 11.8. The highest BCUT2D eigenvalue weighted by atomic mass is 79.9. The molecule has 1 atom stereocenters. The van der Waals surface area contributed by atoms with Crippen molar-refractivity contribution in [1.29, 1.82) is 0 Å². The monoisotopic (exact) mass is 390 g/mol. The Balaban J connectivity index is 1.60. The second kappa shape index (κ2) is 6.70. The lowest BCUT2D eigenvalue weighted by Crippen LogP contribution is -2.20. The lowest BCUT2D eigenvalue weighted by Gasteiger charge is -2.14. The summed E-state index contributed by atoms with van der Waals surface area (Å²) in [6.07, 6.45) is 2.33. The molecule has 24 heavy (non-hydrogen) atoms. The third-order valence-electron chi connectivity index (χ3n) is 3.74. The molecule has 3 aromatic rings. The molecule has 0 aliphatic carbocycles. The molecule has 2 N–H and O–H groups in total. The van der Waals surface area contributed by atoms with Crippen LogP contribution >= 0.6 is 15.9 Å². The summed E-state index contributed by atoms with van der Waals surface area (Å²) >= 11 is 3.42. The van der Waals surface area contributed by atoms with Gasteiger partial charge in [-0.25, -0.2) is 14.6 Å². The van der Waals surface area contributed by atoms with Crippen LogP contribution in [0.15, 0.2) is 33.4 Å². The van der Waals surface area contributed by atoms with E-state index in [0.717, 1.165) is 29.6 Å². The first-order valence-electron chi connectivity index (χ1n) is 7.66. The molecule has 0 spiro atoms. The molecule has 8 nitrogen and oxygen atoms in total. The highest BCUT2D eigenvalue weighted by molar-refractivity contribution is 9.10. The van der Waals surface area contributed by atoms with Crippen LogP contribution in [0.4, 0.5) is 17.3 Å². The van der Waals surface area contributed by atoms with Crippen molar-refractivity contribution in [3.05, 3.63) is 28.7 Å². The maximum atomic E-state index is 5.64. The van der Waals surface area contributed by atoms with E-state index in [1.165, 1.54) is 0 Å². The van der Waals surface area contributed by atoms with Crippen molar-refractivity contribution in [3.63, 3.8) is 0 Å². The zero-order valence-corrected chi connectivity index (χ0v) is 14.3. The van der Waals surface area contributed by atoms with Crippen LogP contribution < -0.4 is 10.6 Å². The molecule has 0 amide bonds. The number of nitrogens with zero attached hydrogens (tertiary/aromatic N) is 4. The average Bonchev–Trinajstić information content (AvgIpc) is 3.25. The standard InChI is InChI=1S/C15H15BrN6O2/c16-9-3-5-10(6-4-9)18-13-12(17-8-11-2-1-7-23-11)19-14-15(20-13)22-24-21-14/h3-6,11H,1-2,7-8H2,(H,17,19,21)(H,18,20,22). The van der Waals surface area contributed by atoms with Crippen LogP contribution in [0.1, 0.15) is 12.8 Å². The molecular formula is C15H15BrN6O2. The van der Waals surface area contributed by atoms with Crippen LogP contribution in [0.2, 0.25) is 0 Å². The molecule has 1 unspecified atom stereocenters. The van der Waals surface area contributed by atoms with Crippen molar-refractivity contribution in [2.24, 2.45) is 0 Å². The number of nitrogens with one attached hydrogen (secondary N) is 2. The van der Waals surface area contributed by atoms with E-state index < -0.39 is 0 Å². The van der Waals surface area contributed by atoms with Gasteiger partial charge in [0.05, 0.1) is 6.10 Å². The highest BCUT2D eigenvalue weighted by Gasteiger charge is 2.18. The Morgan fingerprint density at radius 3 is 2.54 bits per heavy atom. The molecule has 3 heterocycles. The number of ether oxygens (including phenoxy) is 1. The van der Waals surface area contributed by atoms with E-state index in [-0.39, 0.29) is 6.10 Å². The predicted octanol–water partition coefficient (Wildman–Crippen LogP) is 3.11. The Morgan fingerprint density at radius 2 is 1.83 bits per heavy atom. The summed E-state index contributed by atoms with van der Waals surface area (Å²) < 4.78 is 11.3. The molecule has 9 heteroatoms. The molecule has 1 aliphatic heterocycles. The minimum absolute atomic E-state index is 0.193. The van der Waals surface area contributed by atoms with Crippen LogP contribution in [0, 0.1) is 0 Å². The van der Waals surface area contributed by atoms with Crippen molar-refractivity contribution in [1.82, 2.24) is 20.3 Å². The van der Waals surface area contributed by atoms with E-state index in [4.69, 9.17) is 9.37 Å². The van der Waals surface area contributed by atoms with E-state index in [1.54, 1.807) is 0 Å². The van der Waals surface area contributed by atoms with Crippen molar-refractivity contribution >= 4 is 44.5 Å². The molecule has 2 aromatic heterocycles. The van der Waals surface area contributed by atoms with Gasteiger partial charge in [0.1, 0.15) is 0 Å². The van der Waals surface area contributed by atoms with Gasteiger partial charge in [0, 0.05) is 23.3 Å². The first-order valence-corrected chi connectivity index (χ1v) is 8.45. The fourth-order valence-corrected chi connectivity index (χ4v) is 2.80. The average molecular weight is 391 g/mol. The molecule has 0 bridgehead atoms. The minimum atomic E-state index is 0.193. The van der Waals surface area contributed by atoms with Gasteiger partial charge in [-0.05, 0) is 47.4 Å². The van der Waals surface area contributed by atoms with Crippen molar-refractivity contribution in [3.8, 4) is 0 Å². The summed E-state index contributed by atoms with van der Waals surface area (Å²) in [6.45, 7) is 1.48. The maximum absolute atomic E-state index is 5.64. The Labute approximate surface area is 146 Å². The molecule has 124 valence electrons. The molecule has 1 saturated heterocycles. The van der Waals surface area contributed by atoms with Crippen LogP contribution in [-0.2, 0) is 4.74 Å². The summed E-state index contributed by atoms with van der Waals surface area (Å²) in [5, 5.41) is 14.0. The SMILES string of the molecule is Brc1ccc(Nc2nc3nonc3nc2NCC2CCCO2)cc1. The zero-order valence-electron chi connectivity index (χ0n) is 12.7. The maximum Gasteiger partial charge on any atom is 0.245 e. The van der Waals surface area contributed by atoms with Gasteiger partial charge in [0.2, 0.25) is 11.3 Å². The first kappa shape index (κ1) is 15.3. The van der Waals surface area contributed by atoms with Crippen LogP contribution in [0.25, 0.3) is 11.3 Å². The van der Waals surface area contributed by atoms with Crippen molar-refractivity contribution in [2.45, 2.75) is 18.9 Å². The summed E-state index contributed by atoms with van der Waals surface area (Å²) in [6, 6.07) is 7.79. The van der Waals surface area contributed by atoms with E-state index >= 15 is 0 Å². The predicted molar refractivity (Wildman–Crippen MR) is 92.3 cm³/mol. The molecule has 0 saturated carbocycles. The van der Waals surface area contributed by atoms with E-state index in [9.17, 15) is 0 Å². The van der Waals surface area contributed by atoms with E-state index in [1.807, 2.05) is 24.3 Å². The van der Waals surface area contributed by atoms with Crippen LogP contribution in [0.3, 0.4) is 0 Å². The number of fused-ring (bicyclic) bond motifs is 1. The van der Waals surface area contributed by atoms with Gasteiger partial charge < -0.3 is 15.4 Å². The number of hydrogen-bond acceptors (Lipinski definition) is 8. The Hall–Kier alpha value is -2.26. The van der Waals surface area contributed by atoms with Crippen molar-refractivity contribution in [2.75, 3.05) is 23.8 Å². The number of rotatable bonds is 5. The van der Waals surface area contributed by atoms with Gasteiger partial charge in [-0.2, -0.15) is 0 Å². The van der Waals surface area contributed by atoms with Crippen LogP contribution in [-0.4, -0.2) is 39.5 Å². The lowest BCUT2D eigenvalue weighted by atomic mass is 10.2. The highest BCUT2D eigenvalue weighted by Crippen LogP contribution is 2.25. The lowest BCUT2D eigenvalue weighted by molar-refractivity contribution is 0.120. The third-order valence-corrected chi connectivity index (χ3v) is 4.27. The topological polar surface area (TPSA) is 98.0 Å². The normalized spacial score (nSPS) is 17.3. The van der Waals surface area contributed by atoms with Crippen molar-refractivity contribution < 1.29 is 9.37 Å². The Kier molecular flexibility index (Phi) is 4.26. The molecule has 1 aromatic carbocycles. The minimum Gasteiger partial charge on any atom is -0.376 e. The molecule has 1 fully saturated rings. The molecular weight excluding hydrogens is 376 g/mol. The second-order valence-corrected chi connectivity index (χ2v) is 6.40.